The maximum atomic E-state index is 5.85. The van der Waals surface area contributed by atoms with E-state index in [1.807, 2.05) is 0 Å². The van der Waals surface area contributed by atoms with Crippen molar-refractivity contribution in [2.45, 2.75) is 31.8 Å². The number of aromatic nitrogens is 4. The van der Waals surface area contributed by atoms with Crippen molar-refractivity contribution in [1.82, 2.24) is 24.8 Å². The van der Waals surface area contributed by atoms with E-state index in [2.05, 4.69) is 36.7 Å². The van der Waals surface area contributed by atoms with Crippen LogP contribution in [0.25, 0.3) is 11.2 Å². The molecule has 2 aliphatic rings. The maximum Gasteiger partial charge on any atom is 0.224 e. The fourth-order valence-corrected chi connectivity index (χ4v) is 3.77. The monoisotopic (exact) mass is 317 g/mol. The summed E-state index contributed by atoms with van der Waals surface area (Å²) in [4.78, 5) is 20.8. The van der Waals surface area contributed by atoms with Crippen LogP contribution in [0.4, 0.5) is 11.8 Å². The molecule has 2 aromatic rings. The van der Waals surface area contributed by atoms with Crippen LogP contribution in [0.3, 0.4) is 0 Å². The van der Waals surface area contributed by atoms with Crippen molar-refractivity contribution in [2.24, 2.45) is 0 Å². The fraction of sp³-hybridized carbons (Fsp3) is 0.667. The van der Waals surface area contributed by atoms with Crippen LogP contribution >= 0.6 is 0 Å². The van der Waals surface area contributed by atoms with Crippen LogP contribution in [-0.2, 0) is 4.74 Å². The number of H-pyrrole nitrogens is 1. The van der Waals surface area contributed by atoms with E-state index in [1.54, 1.807) is 6.33 Å². The summed E-state index contributed by atoms with van der Waals surface area (Å²) >= 11 is 0. The summed E-state index contributed by atoms with van der Waals surface area (Å²) in [5.41, 5.74) is 7.33. The average Bonchev–Trinajstić information content (AvgIpc) is 3.02. The van der Waals surface area contributed by atoms with Crippen molar-refractivity contribution in [3.8, 4) is 0 Å². The van der Waals surface area contributed by atoms with Crippen LogP contribution in [-0.4, -0.2) is 69.8 Å². The van der Waals surface area contributed by atoms with E-state index in [0.29, 0.717) is 17.7 Å². The van der Waals surface area contributed by atoms with Crippen molar-refractivity contribution < 1.29 is 4.74 Å². The van der Waals surface area contributed by atoms with Crippen LogP contribution in [0.5, 0.6) is 0 Å². The molecule has 3 N–H and O–H groups in total. The lowest BCUT2D eigenvalue weighted by Gasteiger charge is -2.48. The van der Waals surface area contributed by atoms with E-state index in [-0.39, 0.29) is 5.95 Å². The smallest absolute Gasteiger partial charge is 0.224 e. The Morgan fingerprint density at radius 1 is 1.35 bits per heavy atom. The van der Waals surface area contributed by atoms with Crippen LogP contribution in [0, 0.1) is 0 Å². The Labute approximate surface area is 135 Å². The second kappa shape index (κ2) is 5.93. The first-order valence-electron chi connectivity index (χ1n) is 8.31. The molecule has 0 spiro atoms. The second-order valence-electron chi connectivity index (χ2n) is 6.32. The van der Waals surface area contributed by atoms with E-state index in [0.717, 1.165) is 44.2 Å². The highest BCUT2D eigenvalue weighted by Crippen LogP contribution is 2.27. The third kappa shape index (κ3) is 2.61. The minimum Gasteiger partial charge on any atom is -0.378 e. The largest absolute Gasteiger partial charge is 0.378 e. The zero-order valence-electron chi connectivity index (χ0n) is 13.4. The van der Waals surface area contributed by atoms with Gasteiger partial charge in [-0.15, -0.1) is 0 Å². The van der Waals surface area contributed by atoms with Gasteiger partial charge in [-0.25, -0.2) is 4.98 Å². The first-order chi connectivity index (χ1) is 11.3. The standard InChI is InChI=1S/C15H23N7O/c1-2-3-10-7-23-8-11-6-21(4-5-22(10)11)14-12-13(18-9-17-12)19-15(16)20-14/h9-11H,2-8H2,1H3,(H3,16,17,18,19,20)/t10-,11+/m0/s1. The van der Waals surface area contributed by atoms with E-state index in [9.17, 15) is 0 Å². The number of hydrogen-bond acceptors (Lipinski definition) is 7. The fourth-order valence-electron chi connectivity index (χ4n) is 3.77. The highest BCUT2D eigenvalue weighted by atomic mass is 16.5. The number of hydrogen-bond donors (Lipinski definition) is 2. The first-order valence-corrected chi connectivity index (χ1v) is 8.31. The zero-order chi connectivity index (χ0) is 15.8. The molecule has 0 aromatic carbocycles. The number of morpholine rings is 1. The molecule has 0 bridgehead atoms. The summed E-state index contributed by atoms with van der Waals surface area (Å²) in [7, 11) is 0. The Balaban J connectivity index is 1.59. The number of aromatic amines is 1. The van der Waals surface area contributed by atoms with Gasteiger partial charge >= 0.3 is 0 Å². The molecule has 0 amide bonds. The first kappa shape index (κ1) is 14.6. The number of piperazine rings is 1. The van der Waals surface area contributed by atoms with E-state index in [4.69, 9.17) is 10.5 Å². The predicted octanol–water partition coefficient (Wildman–Crippen LogP) is 0.625. The van der Waals surface area contributed by atoms with Crippen molar-refractivity contribution in [3.63, 3.8) is 0 Å². The van der Waals surface area contributed by atoms with Crippen LogP contribution in [0.2, 0.25) is 0 Å². The number of nitrogen functional groups attached to an aromatic ring is 1. The van der Waals surface area contributed by atoms with Gasteiger partial charge in [-0.3, -0.25) is 4.90 Å². The third-order valence-corrected chi connectivity index (χ3v) is 4.82. The molecule has 0 radical (unpaired) electrons. The highest BCUT2D eigenvalue weighted by Gasteiger charge is 2.36. The number of nitrogens with zero attached hydrogens (tertiary/aromatic N) is 5. The topological polar surface area (TPSA) is 96.2 Å². The lowest BCUT2D eigenvalue weighted by molar-refractivity contribution is -0.0558. The SMILES string of the molecule is CCC[C@H]1COC[C@H]2CN(c3nc(N)nc4nc[nH]c34)CCN12. The van der Waals surface area contributed by atoms with Gasteiger partial charge in [0.2, 0.25) is 5.95 Å². The molecule has 4 rings (SSSR count). The van der Waals surface area contributed by atoms with Gasteiger partial charge in [0, 0.05) is 25.7 Å². The van der Waals surface area contributed by atoms with Crippen molar-refractivity contribution in [3.05, 3.63) is 6.33 Å². The van der Waals surface area contributed by atoms with E-state index in [1.165, 1.54) is 12.8 Å². The molecule has 0 aliphatic carbocycles. The summed E-state index contributed by atoms with van der Waals surface area (Å²) < 4.78 is 5.84. The quantitative estimate of drug-likeness (QED) is 0.857. The van der Waals surface area contributed by atoms with Gasteiger partial charge in [0.25, 0.3) is 0 Å². The minimum atomic E-state index is 0.269. The number of nitrogens with one attached hydrogen (secondary N) is 1. The van der Waals surface area contributed by atoms with Gasteiger partial charge in [-0.1, -0.05) is 13.3 Å². The summed E-state index contributed by atoms with van der Waals surface area (Å²) in [6, 6.07) is 0.951. The highest BCUT2D eigenvalue weighted by molar-refractivity contribution is 5.84. The summed E-state index contributed by atoms with van der Waals surface area (Å²) in [5, 5.41) is 0. The lowest BCUT2D eigenvalue weighted by atomic mass is 10.0. The number of rotatable bonds is 3. The van der Waals surface area contributed by atoms with Crippen LogP contribution in [0.1, 0.15) is 19.8 Å². The molecular formula is C15H23N7O. The molecule has 2 aromatic heterocycles. The Morgan fingerprint density at radius 2 is 2.26 bits per heavy atom. The number of nitrogens with two attached hydrogens (primary N) is 1. The number of anilines is 2. The summed E-state index contributed by atoms with van der Waals surface area (Å²) in [5.74, 6) is 1.12. The number of ether oxygens (including phenoxy) is 1. The molecule has 0 saturated carbocycles. The van der Waals surface area contributed by atoms with Gasteiger partial charge < -0.3 is 20.4 Å². The maximum absolute atomic E-state index is 5.85. The normalized spacial score (nSPS) is 25.7. The summed E-state index contributed by atoms with van der Waals surface area (Å²) in [6.45, 7) is 6.72. The zero-order valence-corrected chi connectivity index (χ0v) is 13.4. The predicted molar refractivity (Wildman–Crippen MR) is 88.3 cm³/mol. The molecule has 2 aliphatic heterocycles. The van der Waals surface area contributed by atoms with Gasteiger partial charge in [0.15, 0.2) is 11.5 Å². The van der Waals surface area contributed by atoms with Gasteiger partial charge in [0.1, 0.15) is 5.52 Å². The molecule has 2 saturated heterocycles. The average molecular weight is 317 g/mol. The van der Waals surface area contributed by atoms with E-state index < -0.39 is 0 Å². The molecule has 8 nitrogen and oxygen atoms in total. The van der Waals surface area contributed by atoms with Crippen molar-refractivity contribution >= 4 is 22.9 Å². The minimum absolute atomic E-state index is 0.269. The Bertz CT molecular complexity index is 686. The molecule has 8 heteroatoms. The molecule has 4 heterocycles. The van der Waals surface area contributed by atoms with Crippen LogP contribution in [0.15, 0.2) is 6.33 Å². The van der Waals surface area contributed by atoms with E-state index >= 15 is 0 Å². The lowest BCUT2D eigenvalue weighted by Crippen LogP contribution is -2.62. The van der Waals surface area contributed by atoms with Crippen molar-refractivity contribution in [2.75, 3.05) is 43.5 Å². The summed E-state index contributed by atoms with van der Waals surface area (Å²) in [6.07, 6.45) is 4.03. The third-order valence-electron chi connectivity index (χ3n) is 4.82. The molecule has 2 fully saturated rings. The number of fused-ring (bicyclic) bond motifs is 2. The number of imidazole rings is 1. The van der Waals surface area contributed by atoms with Gasteiger partial charge in [-0.05, 0) is 6.42 Å². The molecular weight excluding hydrogens is 294 g/mol. The van der Waals surface area contributed by atoms with Gasteiger partial charge in [-0.2, -0.15) is 9.97 Å². The Kier molecular flexibility index (Phi) is 3.78. The van der Waals surface area contributed by atoms with Crippen molar-refractivity contribution in [1.29, 1.82) is 0 Å². The van der Waals surface area contributed by atoms with Gasteiger partial charge in [0.05, 0.1) is 25.6 Å². The Hall–Kier alpha value is -1.93. The molecule has 0 unspecified atom stereocenters. The molecule has 2 atom stereocenters. The molecule has 23 heavy (non-hydrogen) atoms. The van der Waals surface area contributed by atoms with Crippen LogP contribution < -0.4 is 10.6 Å². The Morgan fingerprint density at radius 3 is 3.13 bits per heavy atom. The second-order valence-corrected chi connectivity index (χ2v) is 6.32. The molecule has 124 valence electrons.